The zero-order valence-electron chi connectivity index (χ0n) is 9.86. The minimum absolute atomic E-state index is 0.0298. The van der Waals surface area contributed by atoms with E-state index < -0.39 is 29.4 Å². The van der Waals surface area contributed by atoms with Crippen molar-refractivity contribution in [1.82, 2.24) is 5.32 Å². The summed E-state index contributed by atoms with van der Waals surface area (Å²) in [5.41, 5.74) is 5.23. The molecule has 0 aliphatic carbocycles. The van der Waals surface area contributed by atoms with Crippen LogP contribution in [0.15, 0.2) is 0 Å². The summed E-state index contributed by atoms with van der Waals surface area (Å²) in [6.07, 6.45) is -0.0298. The minimum atomic E-state index is -1.18. The van der Waals surface area contributed by atoms with Crippen molar-refractivity contribution in [2.24, 2.45) is 11.1 Å². The Morgan fingerprint density at radius 1 is 1.38 bits per heavy atom. The lowest BCUT2D eigenvalue weighted by Crippen LogP contribution is -2.53. The first-order chi connectivity index (χ1) is 7.20. The van der Waals surface area contributed by atoms with Crippen LogP contribution < -0.4 is 11.1 Å². The Hall–Kier alpha value is -1.14. The molecular formula is C10H20N2O4. The number of carboxylic acid groups (broad SMARTS) is 1. The fourth-order valence-electron chi connectivity index (χ4n) is 1.04. The molecule has 16 heavy (non-hydrogen) atoms. The fraction of sp³-hybridized carbons (Fsp3) is 0.800. The third kappa shape index (κ3) is 4.59. The van der Waals surface area contributed by atoms with Gasteiger partial charge in [-0.25, -0.2) is 4.79 Å². The molecule has 0 aromatic heterocycles. The van der Waals surface area contributed by atoms with E-state index in [0.29, 0.717) is 0 Å². The molecule has 0 aliphatic rings. The first kappa shape index (κ1) is 14.9. The van der Waals surface area contributed by atoms with Gasteiger partial charge in [0.05, 0.1) is 6.04 Å². The molecule has 6 nitrogen and oxygen atoms in total. The Morgan fingerprint density at radius 2 is 1.88 bits per heavy atom. The van der Waals surface area contributed by atoms with E-state index in [2.05, 4.69) is 5.32 Å². The van der Waals surface area contributed by atoms with Gasteiger partial charge in [-0.05, 0) is 5.41 Å². The van der Waals surface area contributed by atoms with Gasteiger partial charge in [0.2, 0.25) is 5.91 Å². The van der Waals surface area contributed by atoms with Crippen LogP contribution in [0, 0.1) is 5.41 Å². The molecule has 0 aromatic carbocycles. The Morgan fingerprint density at radius 3 is 2.19 bits per heavy atom. The van der Waals surface area contributed by atoms with Crippen molar-refractivity contribution in [2.75, 3.05) is 6.61 Å². The van der Waals surface area contributed by atoms with Crippen LogP contribution in [0.3, 0.4) is 0 Å². The molecule has 0 aromatic rings. The number of amides is 1. The lowest BCUT2D eigenvalue weighted by Gasteiger charge is -2.27. The highest BCUT2D eigenvalue weighted by Crippen LogP contribution is 2.17. The summed E-state index contributed by atoms with van der Waals surface area (Å²) in [6, 6.07) is -1.88. The molecule has 0 spiro atoms. The summed E-state index contributed by atoms with van der Waals surface area (Å²) in [7, 11) is 0. The molecule has 0 saturated carbocycles. The van der Waals surface area contributed by atoms with Gasteiger partial charge in [0.1, 0.15) is 6.04 Å². The van der Waals surface area contributed by atoms with Crippen molar-refractivity contribution < 1.29 is 19.8 Å². The number of hydrogen-bond acceptors (Lipinski definition) is 4. The van der Waals surface area contributed by atoms with E-state index in [1.54, 1.807) is 20.8 Å². The van der Waals surface area contributed by atoms with E-state index >= 15 is 0 Å². The summed E-state index contributed by atoms with van der Waals surface area (Å²) >= 11 is 0. The highest BCUT2D eigenvalue weighted by molar-refractivity contribution is 5.87. The zero-order valence-corrected chi connectivity index (χ0v) is 9.86. The van der Waals surface area contributed by atoms with Crippen molar-refractivity contribution in [3.63, 3.8) is 0 Å². The quantitative estimate of drug-likeness (QED) is 0.501. The maximum absolute atomic E-state index is 11.6. The maximum Gasteiger partial charge on any atom is 0.326 e. The van der Waals surface area contributed by atoms with E-state index in [4.69, 9.17) is 15.9 Å². The van der Waals surface area contributed by atoms with Crippen LogP contribution in [0.25, 0.3) is 0 Å². The molecule has 1 unspecified atom stereocenters. The molecule has 0 rings (SSSR count). The Balaban J connectivity index is 4.46. The van der Waals surface area contributed by atoms with Gasteiger partial charge in [0.25, 0.3) is 0 Å². The van der Waals surface area contributed by atoms with Gasteiger partial charge >= 0.3 is 5.97 Å². The van der Waals surface area contributed by atoms with Gasteiger partial charge in [-0.2, -0.15) is 0 Å². The third-order valence-corrected chi connectivity index (χ3v) is 2.25. The van der Waals surface area contributed by atoms with Crippen LogP contribution in [0.2, 0.25) is 0 Å². The van der Waals surface area contributed by atoms with E-state index in [1.807, 2.05) is 0 Å². The number of aliphatic hydroxyl groups is 1. The van der Waals surface area contributed by atoms with Crippen LogP contribution in [0.5, 0.6) is 0 Å². The van der Waals surface area contributed by atoms with E-state index in [-0.39, 0.29) is 13.0 Å². The standard InChI is InChI=1S/C10H20N2O4/c1-10(2,3)7(11)8(14)12-6(4-5-13)9(15)16/h6-7,13H,4-5,11H2,1-3H3,(H,12,14)(H,15,16)/t6?,7-/m1/s1. The number of aliphatic carboxylic acids is 1. The average Bonchev–Trinajstić information content (AvgIpc) is 2.14. The van der Waals surface area contributed by atoms with Gasteiger partial charge in [0, 0.05) is 13.0 Å². The molecule has 0 radical (unpaired) electrons. The molecule has 0 bridgehead atoms. The lowest BCUT2D eigenvalue weighted by molar-refractivity contribution is -0.142. The number of carbonyl (C=O) groups is 2. The SMILES string of the molecule is CC(C)(C)[C@H](N)C(=O)NC(CCO)C(=O)O. The summed E-state index contributed by atoms with van der Waals surface area (Å²) in [6.45, 7) is 5.07. The monoisotopic (exact) mass is 232 g/mol. The van der Waals surface area contributed by atoms with Crippen molar-refractivity contribution >= 4 is 11.9 Å². The van der Waals surface area contributed by atoms with Crippen molar-refractivity contribution in [1.29, 1.82) is 0 Å². The molecule has 0 saturated heterocycles. The van der Waals surface area contributed by atoms with Crippen molar-refractivity contribution in [3.05, 3.63) is 0 Å². The summed E-state index contributed by atoms with van der Waals surface area (Å²) in [5, 5.41) is 19.7. The summed E-state index contributed by atoms with van der Waals surface area (Å²) in [5.74, 6) is -1.70. The topological polar surface area (TPSA) is 113 Å². The van der Waals surface area contributed by atoms with Gasteiger partial charge < -0.3 is 21.3 Å². The van der Waals surface area contributed by atoms with Crippen molar-refractivity contribution in [2.45, 2.75) is 39.3 Å². The number of carboxylic acids is 1. The second kappa shape index (κ2) is 5.81. The van der Waals surface area contributed by atoms with Crippen LogP contribution in [-0.2, 0) is 9.59 Å². The second-order valence-electron chi connectivity index (χ2n) is 4.76. The molecule has 94 valence electrons. The van der Waals surface area contributed by atoms with Gasteiger partial charge in [-0.15, -0.1) is 0 Å². The van der Waals surface area contributed by atoms with Gasteiger partial charge in [-0.3, -0.25) is 4.79 Å². The molecule has 0 aliphatic heterocycles. The Labute approximate surface area is 94.8 Å². The molecule has 2 atom stereocenters. The molecule has 0 fully saturated rings. The van der Waals surface area contributed by atoms with E-state index in [0.717, 1.165) is 0 Å². The molecule has 0 heterocycles. The highest BCUT2D eigenvalue weighted by atomic mass is 16.4. The minimum Gasteiger partial charge on any atom is -0.480 e. The lowest BCUT2D eigenvalue weighted by atomic mass is 9.87. The first-order valence-corrected chi connectivity index (χ1v) is 5.09. The van der Waals surface area contributed by atoms with Crippen LogP contribution in [0.1, 0.15) is 27.2 Å². The predicted octanol–water partition coefficient (Wildman–Crippen LogP) is -0.688. The smallest absolute Gasteiger partial charge is 0.326 e. The van der Waals surface area contributed by atoms with Crippen LogP contribution in [0.4, 0.5) is 0 Å². The fourth-order valence-corrected chi connectivity index (χ4v) is 1.04. The number of nitrogens with two attached hydrogens (primary N) is 1. The zero-order chi connectivity index (χ0) is 12.9. The Kier molecular flexibility index (Phi) is 5.40. The molecule has 6 heteroatoms. The normalized spacial score (nSPS) is 15.3. The Bertz CT molecular complexity index is 260. The number of carbonyl (C=O) groups excluding carboxylic acids is 1. The van der Waals surface area contributed by atoms with E-state index in [9.17, 15) is 9.59 Å². The highest BCUT2D eigenvalue weighted by Gasteiger charge is 2.30. The van der Waals surface area contributed by atoms with Crippen LogP contribution in [-0.4, -0.2) is 40.8 Å². The predicted molar refractivity (Wildman–Crippen MR) is 58.7 cm³/mol. The number of hydrogen-bond donors (Lipinski definition) is 4. The van der Waals surface area contributed by atoms with Gasteiger partial charge in [-0.1, -0.05) is 20.8 Å². The second-order valence-corrected chi connectivity index (χ2v) is 4.76. The summed E-state index contributed by atoms with van der Waals surface area (Å²) in [4.78, 5) is 22.3. The van der Waals surface area contributed by atoms with Gasteiger partial charge in [0.15, 0.2) is 0 Å². The van der Waals surface area contributed by atoms with Crippen LogP contribution >= 0.6 is 0 Å². The summed E-state index contributed by atoms with van der Waals surface area (Å²) < 4.78 is 0. The molecule has 5 N–H and O–H groups in total. The third-order valence-electron chi connectivity index (χ3n) is 2.25. The first-order valence-electron chi connectivity index (χ1n) is 5.09. The average molecular weight is 232 g/mol. The maximum atomic E-state index is 11.6. The van der Waals surface area contributed by atoms with E-state index in [1.165, 1.54) is 0 Å². The largest absolute Gasteiger partial charge is 0.480 e. The molecular weight excluding hydrogens is 212 g/mol. The number of rotatable bonds is 5. The van der Waals surface area contributed by atoms with Crippen molar-refractivity contribution in [3.8, 4) is 0 Å². The molecule has 1 amide bonds. The number of nitrogens with one attached hydrogen (secondary N) is 1. The number of aliphatic hydroxyl groups excluding tert-OH is 1.